The molecule has 4 rings (SSSR count). The first-order valence-corrected chi connectivity index (χ1v) is 12.0. The van der Waals surface area contributed by atoms with Crippen molar-refractivity contribution in [2.75, 3.05) is 18.4 Å². The van der Waals surface area contributed by atoms with E-state index in [4.69, 9.17) is 23.2 Å². The summed E-state index contributed by atoms with van der Waals surface area (Å²) in [5.74, 6) is -0.311. The van der Waals surface area contributed by atoms with Crippen molar-refractivity contribution in [2.24, 2.45) is 0 Å². The minimum atomic E-state index is -0.357. The Kier molecular flexibility index (Phi) is 8.13. The van der Waals surface area contributed by atoms with Gasteiger partial charge in [-0.25, -0.2) is 14.6 Å². The highest BCUT2D eigenvalue weighted by atomic mass is 35.5. The van der Waals surface area contributed by atoms with Gasteiger partial charge in [-0.2, -0.15) is 10.4 Å². The van der Waals surface area contributed by atoms with E-state index in [1.165, 1.54) is 17.1 Å². The average molecular weight is 534 g/mol. The molecule has 0 fully saturated rings. The summed E-state index contributed by atoms with van der Waals surface area (Å²) in [7, 11) is 0. The van der Waals surface area contributed by atoms with Crippen molar-refractivity contribution in [1.29, 1.82) is 5.26 Å². The Morgan fingerprint density at radius 2 is 1.65 bits per heavy atom. The molecule has 0 unspecified atom stereocenters. The maximum absolute atomic E-state index is 13.3. The molecule has 2 N–H and O–H groups in total. The summed E-state index contributed by atoms with van der Waals surface area (Å²) in [6.45, 7) is 2.67. The number of aromatic nitrogens is 4. The third-order valence-electron chi connectivity index (χ3n) is 5.41. The number of carbonyl (C=O) groups excluding carboxylic acids is 2. The van der Waals surface area contributed by atoms with Crippen LogP contribution in [-0.4, -0.2) is 44.5 Å². The third kappa shape index (κ3) is 6.12. The number of ketones is 1. The lowest BCUT2D eigenvalue weighted by molar-refractivity contribution is 0.0952. The highest BCUT2D eigenvalue weighted by Crippen LogP contribution is 2.26. The molecule has 11 heteroatoms. The number of anilines is 1. The van der Waals surface area contributed by atoms with Gasteiger partial charge in [-0.15, -0.1) is 0 Å². The zero-order valence-electron chi connectivity index (χ0n) is 19.7. The molecule has 0 spiro atoms. The zero-order chi connectivity index (χ0) is 26.4. The highest BCUT2D eigenvalue weighted by molar-refractivity contribution is 6.30. The van der Waals surface area contributed by atoms with Crippen molar-refractivity contribution in [3.63, 3.8) is 0 Å². The number of nitrogens with zero attached hydrogens (tertiary/aromatic N) is 5. The fourth-order valence-electron chi connectivity index (χ4n) is 3.49. The predicted octanol–water partition coefficient (Wildman–Crippen LogP) is 4.61. The summed E-state index contributed by atoms with van der Waals surface area (Å²) in [5, 5.41) is 21.1. The van der Waals surface area contributed by atoms with E-state index in [0.717, 1.165) is 5.56 Å². The summed E-state index contributed by atoms with van der Waals surface area (Å²) >= 11 is 11.7. The van der Waals surface area contributed by atoms with E-state index in [1.807, 2.05) is 19.1 Å². The Morgan fingerprint density at radius 3 is 2.30 bits per heavy atom. The van der Waals surface area contributed by atoms with Crippen LogP contribution in [0.5, 0.6) is 0 Å². The molecule has 0 aliphatic heterocycles. The average Bonchev–Trinajstić information content (AvgIpc) is 3.27. The highest BCUT2D eigenvalue weighted by Gasteiger charge is 2.25. The van der Waals surface area contributed by atoms with Gasteiger partial charge in [0.15, 0.2) is 5.69 Å². The second-order valence-corrected chi connectivity index (χ2v) is 8.82. The van der Waals surface area contributed by atoms with Crippen molar-refractivity contribution in [2.45, 2.75) is 13.3 Å². The summed E-state index contributed by atoms with van der Waals surface area (Å²) < 4.78 is 1.51. The quantitative estimate of drug-likeness (QED) is 0.182. The Morgan fingerprint density at radius 1 is 0.973 bits per heavy atom. The molecule has 4 aromatic rings. The fraction of sp³-hybridized carbons (Fsp3) is 0.154. The van der Waals surface area contributed by atoms with Gasteiger partial charge in [-0.05, 0) is 49.2 Å². The molecule has 0 aliphatic carbocycles. The van der Waals surface area contributed by atoms with Gasteiger partial charge < -0.3 is 10.6 Å². The van der Waals surface area contributed by atoms with Crippen LogP contribution in [0.1, 0.15) is 44.0 Å². The van der Waals surface area contributed by atoms with E-state index >= 15 is 0 Å². The van der Waals surface area contributed by atoms with Gasteiger partial charge in [-0.1, -0.05) is 41.4 Å². The van der Waals surface area contributed by atoms with E-state index in [2.05, 4.69) is 31.8 Å². The Hall–Kier alpha value is -4.26. The van der Waals surface area contributed by atoms with Crippen molar-refractivity contribution in [3.05, 3.63) is 99.2 Å². The van der Waals surface area contributed by atoms with Gasteiger partial charge in [0.25, 0.3) is 5.91 Å². The van der Waals surface area contributed by atoms with Crippen LogP contribution < -0.4 is 10.6 Å². The Balaban J connectivity index is 1.53. The first-order valence-electron chi connectivity index (χ1n) is 11.3. The van der Waals surface area contributed by atoms with E-state index in [0.29, 0.717) is 47.2 Å². The summed E-state index contributed by atoms with van der Waals surface area (Å²) in [6.07, 6.45) is 3.22. The first-order chi connectivity index (χ1) is 17.9. The van der Waals surface area contributed by atoms with Crippen LogP contribution in [0.3, 0.4) is 0 Å². The number of halogens is 2. The molecule has 2 heterocycles. The second kappa shape index (κ2) is 11.6. The summed E-state index contributed by atoms with van der Waals surface area (Å²) in [5.41, 5.74) is 2.54. The number of hydrogen-bond donors (Lipinski definition) is 2. The lowest BCUT2D eigenvalue weighted by Crippen LogP contribution is -2.26. The van der Waals surface area contributed by atoms with Gasteiger partial charge >= 0.3 is 0 Å². The molecule has 1 amide bonds. The van der Waals surface area contributed by atoms with Gasteiger partial charge in [0.2, 0.25) is 11.1 Å². The van der Waals surface area contributed by atoms with E-state index in [-0.39, 0.29) is 28.2 Å². The SMILES string of the molecule is Cc1ccc(C(=O)c2nn(-c3ccc(Cl)cc3)c(NCCCNC(=O)c3cnc(Cl)nc3)c2C#N)cc1. The molecule has 0 radical (unpaired) electrons. The molecule has 186 valence electrons. The number of amides is 1. The van der Waals surface area contributed by atoms with Crippen LogP contribution in [0.25, 0.3) is 5.69 Å². The first kappa shape index (κ1) is 25.8. The standard InChI is InChI=1S/C26H21Cl2N7O2/c1-16-3-5-17(6-4-16)23(36)22-21(13-29)24(35(34-22)20-9-7-19(27)8-10-20)30-11-2-12-31-25(37)18-14-32-26(28)33-15-18/h3-10,14-15,30H,2,11-12H2,1H3,(H,31,37). The number of rotatable bonds is 9. The normalized spacial score (nSPS) is 10.5. The topological polar surface area (TPSA) is 126 Å². The lowest BCUT2D eigenvalue weighted by atomic mass is 10.0. The van der Waals surface area contributed by atoms with Crippen molar-refractivity contribution >= 4 is 40.7 Å². The molecular formula is C26H21Cl2N7O2. The van der Waals surface area contributed by atoms with Crippen LogP contribution in [0.2, 0.25) is 10.3 Å². The van der Waals surface area contributed by atoms with Crippen molar-refractivity contribution in [3.8, 4) is 11.8 Å². The molecule has 0 saturated heterocycles. The van der Waals surface area contributed by atoms with E-state index < -0.39 is 0 Å². The van der Waals surface area contributed by atoms with E-state index in [9.17, 15) is 14.9 Å². The molecule has 9 nitrogen and oxygen atoms in total. The number of nitrogens with one attached hydrogen (secondary N) is 2. The fourth-order valence-corrected chi connectivity index (χ4v) is 3.71. The van der Waals surface area contributed by atoms with Crippen LogP contribution in [0.4, 0.5) is 5.82 Å². The van der Waals surface area contributed by atoms with Crippen LogP contribution in [-0.2, 0) is 0 Å². The maximum Gasteiger partial charge on any atom is 0.254 e. The van der Waals surface area contributed by atoms with Crippen LogP contribution in [0, 0.1) is 18.3 Å². The summed E-state index contributed by atoms with van der Waals surface area (Å²) in [6, 6.07) is 16.1. The predicted molar refractivity (Wildman–Crippen MR) is 140 cm³/mol. The number of hydrogen-bond acceptors (Lipinski definition) is 7. The minimum Gasteiger partial charge on any atom is -0.369 e. The maximum atomic E-state index is 13.3. The van der Waals surface area contributed by atoms with Crippen LogP contribution in [0.15, 0.2) is 60.9 Å². The molecule has 2 aromatic heterocycles. The Bertz CT molecular complexity index is 1460. The van der Waals surface area contributed by atoms with Crippen LogP contribution >= 0.6 is 23.2 Å². The van der Waals surface area contributed by atoms with Crippen molar-refractivity contribution < 1.29 is 9.59 Å². The van der Waals surface area contributed by atoms with Gasteiger partial charge in [0.05, 0.1) is 11.3 Å². The van der Waals surface area contributed by atoms with E-state index in [1.54, 1.807) is 36.4 Å². The Labute approximate surface area is 223 Å². The van der Waals surface area contributed by atoms with Gasteiger partial charge in [0.1, 0.15) is 17.5 Å². The number of nitriles is 1. The number of benzene rings is 2. The molecule has 0 aliphatic rings. The molecular weight excluding hydrogens is 513 g/mol. The van der Waals surface area contributed by atoms with Gasteiger partial charge in [-0.3, -0.25) is 9.59 Å². The van der Waals surface area contributed by atoms with Gasteiger partial charge in [0, 0.05) is 36.1 Å². The molecule has 0 saturated carbocycles. The van der Waals surface area contributed by atoms with Crippen molar-refractivity contribution in [1.82, 2.24) is 25.1 Å². The largest absolute Gasteiger partial charge is 0.369 e. The monoisotopic (exact) mass is 533 g/mol. The molecule has 2 aromatic carbocycles. The molecule has 37 heavy (non-hydrogen) atoms. The summed E-state index contributed by atoms with van der Waals surface area (Å²) in [4.78, 5) is 33.1. The third-order valence-corrected chi connectivity index (χ3v) is 5.86. The smallest absolute Gasteiger partial charge is 0.254 e. The minimum absolute atomic E-state index is 0.0415. The zero-order valence-corrected chi connectivity index (χ0v) is 21.2. The lowest BCUT2D eigenvalue weighted by Gasteiger charge is -2.11. The molecule has 0 bridgehead atoms. The second-order valence-electron chi connectivity index (χ2n) is 8.04. The number of carbonyl (C=O) groups is 2. The molecule has 0 atom stereocenters. The number of aryl methyl sites for hydroxylation is 1.